The summed E-state index contributed by atoms with van der Waals surface area (Å²) in [7, 11) is -0.806. The van der Waals surface area contributed by atoms with E-state index in [9.17, 15) is 8.60 Å². The van der Waals surface area contributed by atoms with Crippen LogP contribution >= 0.6 is 11.6 Å². The Morgan fingerprint density at radius 1 is 1.05 bits per heavy atom. The van der Waals surface area contributed by atoms with Gasteiger partial charge in [-0.1, -0.05) is 29.8 Å². The van der Waals surface area contributed by atoms with Crippen molar-refractivity contribution in [1.82, 2.24) is 20.3 Å². The third-order valence-electron chi connectivity index (χ3n) is 6.05. The lowest BCUT2D eigenvalue weighted by Gasteiger charge is -2.12. The van der Waals surface area contributed by atoms with E-state index < -0.39 is 10.8 Å². The topological polar surface area (TPSA) is 91.9 Å². The van der Waals surface area contributed by atoms with Crippen molar-refractivity contribution in [3.8, 4) is 17.0 Å². The van der Waals surface area contributed by atoms with Crippen molar-refractivity contribution in [1.29, 1.82) is 0 Å². The van der Waals surface area contributed by atoms with Crippen molar-refractivity contribution < 1.29 is 13.3 Å². The molecule has 1 atom stereocenters. The number of halogens is 2. The van der Waals surface area contributed by atoms with E-state index in [1.807, 2.05) is 36.4 Å². The van der Waals surface area contributed by atoms with E-state index >= 15 is 0 Å². The number of benzene rings is 3. The first kappa shape index (κ1) is 26.8. The number of hydrogen-bond acceptors (Lipinski definition) is 6. The lowest BCUT2D eigenvalue weighted by atomic mass is 10.1. The van der Waals surface area contributed by atoms with Crippen LogP contribution in [0.3, 0.4) is 0 Å². The fourth-order valence-electron chi connectivity index (χ4n) is 4.09. The molecule has 5 aromatic rings. The molecule has 0 spiro atoms. The molecule has 39 heavy (non-hydrogen) atoms. The fraction of sp³-hybridized carbons (Fsp3) is 0.172. The van der Waals surface area contributed by atoms with Gasteiger partial charge >= 0.3 is 0 Å². The van der Waals surface area contributed by atoms with Crippen molar-refractivity contribution in [3.05, 3.63) is 101 Å². The highest BCUT2D eigenvalue weighted by Crippen LogP contribution is 2.32. The number of ether oxygens (including phenoxy) is 1. The Balaban J connectivity index is 1.30. The molecular formula is C29H27ClFN5O2S. The molecule has 2 aromatic heterocycles. The van der Waals surface area contributed by atoms with Crippen molar-refractivity contribution >= 4 is 44.8 Å². The van der Waals surface area contributed by atoms with Gasteiger partial charge in [0.2, 0.25) is 0 Å². The van der Waals surface area contributed by atoms with E-state index in [2.05, 4.69) is 25.6 Å². The van der Waals surface area contributed by atoms with Gasteiger partial charge in [-0.25, -0.2) is 14.4 Å². The maximum atomic E-state index is 13.4. The SMILES string of the molecule is CS(=O)CCNCc1ccc(-c2ccc3ncnc(Nc4ccc(OCc5cccc(F)c5)c(Cl)c4)c3c2)[nH]1. The minimum absolute atomic E-state index is 0.208. The van der Waals surface area contributed by atoms with Crippen LogP contribution in [0.15, 0.2) is 79.1 Å². The predicted molar refractivity (Wildman–Crippen MR) is 155 cm³/mol. The van der Waals surface area contributed by atoms with Crippen molar-refractivity contribution in [2.75, 3.05) is 23.9 Å². The number of anilines is 2. The summed E-state index contributed by atoms with van der Waals surface area (Å²) in [6, 6.07) is 21.7. The highest BCUT2D eigenvalue weighted by molar-refractivity contribution is 7.84. The summed E-state index contributed by atoms with van der Waals surface area (Å²) in [5.41, 5.74) is 5.29. The number of hydrogen-bond donors (Lipinski definition) is 3. The Morgan fingerprint density at radius 2 is 1.95 bits per heavy atom. The fourth-order valence-corrected chi connectivity index (χ4v) is 4.76. The average Bonchev–Trinajstić information content (AvgIpc) is 3.40. The summed E-state index contributed by atoms with van der Waals surface area (Å²) in [5, 5.41) is 7.92. The van der Waals surface area contributed by atoms with Gasteiger partial charge in [-0.15, -0.1) is 0 Å². The van der Waals surface area contributed by atoms with Gasteiger partial charge in [0.25, 0.3) is 0 Å². The Morgan fingerprint density at radius 3 is 2.77 bits per heavy atom. The van der Waals surface area contributed by atoms with E-state index in [-0.39, 0.29) is 12.4 Å². The summed E-state index contributed by atoms with van der Waals surface area (Å²) >= 11 is 6.48. The number of fused-ring (bicyclic) bond motifs is 1. The molecule has 0 aliphatic rings. The second-order valence-corrected chi connectivity index (χ2v) is 11.0. The first-order valence-corrected chi connectivity index (χ1v) is 14.4. The molecule has 3 aromatic carbocycles. The smallest absolute Gasteiger partial charge is 0.141 e. The summed E-state index contributed by atoms with van der Waals surface area (Å²) in [4.78, 5) is 12.3. The Hall–Kier alpha value is -3.79. The van der Waals surface area contributed by atoms with Crippen LogP contribution in [-0.2, 0) is 24.0 Å². The van der Waals surface area contributed by atoms with Crippen LogP contribution < -0.4 is 15.4 Å². The highest BCUT2D eigenvalue weighted by Gasteiger charge is 2.10. The Kier molecular flexibility index (Phi) is 8.51. The summed E-state index contributed by atoms with van der Waals surface area (Å²) in [6.45, 7) is 1.58. The van der Waals surface area contributed by atoms with E-state index in [0.29, 0.717) is 35.4 Å². The highest BCUT2D eigenvalue weighted by atomic mass is 35.5. The zero-order chi connectivity index (χ0) is 27.2. The lowest BCUT2D eigenvalue weighted by Crippen LogP contribution is -2.19. The van der Waals surface area contributed by atoms with Crippen molar-refractivity contribution in [3.63, 3.8) is 0 Å². The molecule has 0 radical (unpaired) electrons. The van der Waals surface area contributed by atoms with Crippen LogP contribution in [-0.4, -0.2) is 37.7 Å². The first-order valence-electron chi connectivity index (χ1n) is 12.3. The van der Waals surface area contributed by atoms with Crippen LogP contribution in [0.2, 0.25) is 5.02 Å². The van der Waals surface area contributed by atoms with Crippen LogP contribution in [0, 0.1) is 5.82 Å². The largest absolute Gasteiger partial charge is 0.487 e. The monoisotopic (exact) mass is 563 g/mol. The van der Waals surface area contributed by atoms with Gasteiger partial charge in [0, 0.05) is 58.4 Å². The molecule has 0 fully saturated rings. The number of aromatic nitrogens is 3. The molecule has 0 saturated heterocycles. The van der Waals surface area contributed by atoms with E-state index in [4.69, 9.17) is 16.3 Å². The van der Waals surface area contributed by atoms with E-state index in [1.54, 1.807) is 30.5 Å². The minimum Gasteiger partial charge on any atom is -0.487 e. The standard InChI is InChI=1S/C29H27ClFN5O2S/c1-39(37)12-11-32-16-23-6-9-26(35-23)20-5-8-27-24(14-20)29(34-18-33-27)36-22-7-10-28(25(30)15-22)38-17-19-3-2-4-21(31)13-19/h2-10,13-15,18,32,35H,11-12,16-17H2,1H3,(H,33,34,36). The molecule has 7 nitrogen and oxygen atoms in total. The van der Waals surface area contributed by atoms with Gasteiger partial charge in [0.1, 0.15) is 30.3 Å². The van der Waals surface area contributed by atoms with Gasteiger partial charge in [0.05, 0.1) is 10.5 Å². The predicted octanol–water partition coefficient (Wildman–Crippen LogP) is 6.21. The lowest BCUT2D eigenvalue weighted by molar-refractivity contribution is 0.306. The number of H-pyrrole nitrogens is 1. The first-order chi connectivity index (χ1) is 18.9. The van der Waals surface area contributed by atoms with Gasteiger partial charge < -0.3 is 20.4 Å². The molecule has 10 heteroatoms. The average molecular weight is 564 g/mol. The molecule has 3 N–H and O–H groups in total. The van der Waals surface area contributed by atoms with Gasteiger partial charge in [-0.2, -0.15) is 0 Å². The van der Waals surface area contributed by atoms with E-state index in [1.165, 1.54) is 18.5 Å². The van der Waals surface area contributed by atoms with Crippen molar-refractivity contribution in [2.24, 2.45) is 0 Å². The molecule has 200 valence electrons. The summed E-state index contributed by atoms with van der Waals surface area (Å²) in [5.74, 6) is 1.47. The van der Waals surface area contributed by atoms with Crippen LogP contribution in [0.25, 0.3) is 22.2 Å². The van der Waals surface area contributed by atoms with Gasteiger partial charge in [0.15, 0.2) is 0 Å². The minimum atomic E-state index is -0.806. The summed E-state index contributed by atoms with van der Waals surface area (Å²) in [6.07, 6.45) is 3.22. The molecule has 2 heterocycles. The van der Waals surface area contributed by atoms with Gasteiger partial charge in [-0.05, 0) is 65.7 Å². The molecule has 0 aliphatic carbocycles. The van der Waals surface area contributed by atoms with Crippen LogP contribution in [0.5, 0.6) is 5.75 Å². The number of rotatable bonds is 11. The maximum absolute atomic E-state index is 13.4. The van der Waals surface area contributed by atoms with E-state index in [0.717, 1.165) is 39.1 Å². The zero-order valence-corrected chi connectivity index (χ0v) is 22.8. The maximum Gasteiger partial charge on any atom is 0.141 e. The molecular weight excluding hydrogens is 537 g/mol. The molecule has 1 unspecified atom stereocenters. The number of aromatic amines is 1. The molecule has 0 saturated carbocycles. The Bertz CT molecular complexity index is 1630. The molecule has 0 amide bonds. The zero-order valence-electron chi connectivity index (χ0n) is 21.2. The third kappa shape index (κ3) is 7.00. The normalized spacial score (nSPS) is 12.0. The third-order valence-corrected chi connectivity index (χ3v) is 7.13. The Labute approximate surface area is 233 Å². The number of nitrogens with zero attached hydrogens (tertiary/aromatic N) is 2. The molecule has 5 rings (SSSR count). The number of nitrogens with one attached hydrogen (secondary N) is 3. The van der Waals surface area contributed by atoms with Gasteiger partial charge in [-0.3, -0.25) is 4.21 Å². The van der Waals surface area contributed by atoms with Crippen LogP contribution in [0.1, 0.15) is 11.3 Å². The second-order valence-electron chi connectivity index (χ2n) is 8.99. The summed E-state index contributed by atoms with van der Waals surface area (Å²) < 4.78 is 30.5. The quantitative estimate of drug-likeness (QED) is 0.166. The molecule has 0 bridgehead atoms. The van der Waals surface area contributed by atoms with Crippen molar-refractivity contribution in [2.45, 2.75) is 13.2 Å². The second kappa shape index (κ2) is 12.4. The molecule has 0 aliphatic heterocycles. The van der Waals surface area contributed by atoms with Crippen LogP contribution in [0.4, 0.5) is 15.9 Å².